The number of allylic oxidation sites excluding steroid dienone is 1. The number of hydrogen-bond donors (Lipinski definition) is 0. The summed E-state index contributed by atoms with van der Waals surface area (Å²) in [6.45, 7) is 1.18. The average Bonchev–Trinajstić information content (AvgIpc) is 3.04. The largest absolute Gasteiger partial charge is 0.454 e. The highest BCUT2D eigenvalue weighted by Crippen LogP contribution is 2.33. The van der Waals surface area contributed by atoms with Gasteiger partial charge in [-0.25, -0.2) is 0 Å². The summed E-state index contributed by atoms with van der Waals surface area (Å²) in [6.07, 6.45) is 7.96. The van der Waals surface area contributed by atoms with E-state index in [0.29, 0.717) is 6.79 Å². The first kappa shape index (κ1) is 18.3. The maximum Gasteiger partial charge on any atom is 0.231 e. The van der Waals surface area contributed by atoms with E-state index in [2.05, 4.69) is 23.2 Å². The van der Waals surface area contributed by atoms with Crippen LogP contribution in [-0.4, -0.2) is 24.0 Å². The van der Waals surface area contributed by atoms with E-state index in [4.69, 9.17) is 14.5 Å². The van der Waals surface area contributed by atoms with Crippen LogP contribution in [0.3, 0.4) is 0 Å². The molecule has 1 aromatic heterocycles. The molecule has 0 amide bonds. The molecule has 0 N–H and O–H groups in total. The third kappa shape index (κ3) is 3.71. The number of ether oxygens (including phenoxy) is 2. The van der Waals surface area contributed by atoms with Gasteiger partial charge in [0.05, 0.1) is 5.71 Å². The Bertz CT molecular complexity index is 761. The van der Waals surface area contributed by atoms with Crippen molar-refractivity contribution in [2.45, 2.75) is 12.8 Å². The van der Waals surface area contributed by atoms with Crippen molar-refractivity contribution in [1.29, 1.82) is 0 Å². The molecule has 0 saturated carbocycles. The van der Waals surface area contributed by atoms with Crippen molar-refractivity contribution in [2.24, 2.45) is 4.99 Å². The van der Waals surface area contributed by atoms with Crippen LogP contribution in [0.2, 0.25) is 0 Å². The molecule has 4 rings (SSSR count). The van der Waals surface area contributed by atoms with Gasteiger partial charge in [-0.3, -0.25) is 9.98 Å². The second-order valence-electron chi connectivity index (χ2n) is 5.36. The number of halogens is 2. The molecule has 0 radical (unpaired) electrons. The summed E-state index contributed by atoms with van der Waals surface area (Å²) in [6, 6.07) is 10.0. The number of rotatable bonds is 2. The zero-order valence-corrected chi connectivity index (χ0v) is 14.6. The topological polar surface area (TPSA) is 43.7 Å². The van der Waals surface area contributed by atoms with Crippen molar-refractivity contribution >= 4 is 36.6 Å². The second kappa shape index (κ2) is 8.18. The Kier molecular flexibility index (Phi) is 6.23. The SMILES string of the molecule is C(=C1/CCCN=C1c1cccnc1)/c1ccc2c(c1)OCO2.Cl.Cl. The normalized spacial score (nSPS) is 16.8. The molecule has 0 aliphatic carbocycles. The zero-order chi connectivity index (χ0) is 14.8. The van der Waals surface area contributed by atoms with Crippen LogP contribution in [0.25, 0.3) is 6.08 Å². The maximum atomic E-state index is 5.45. The molecule has 0 fully saturated rings. The third-order valence-corrected chi connectivity index (χ3v) is 3.85. The lowest BCUT2D eigenvalue weighted by Gasteiger charge is -2.16. The van der Waals surface area contributed by atoms with Crippen molar-refractivity contribution in [3.8, 4) is 11.5 Å². The van der Waals surface area contributed by atoms with Gasteiger partial charge in [0.1, 0.15) is 0 Å². The van der Waals surface area contributed by atoms with Crippen molar-refractivity contribution in [1.82, 2.24) is 4.98 Å². The first-order valence-corrected chi connectivity index (χ1v) is 7.45. The smallest absolute Gasteiger partial charge is 0.231 e. The molecule has 0 unspecified atom stereocenters. The molecule has 24 heavy (non-hydrogen) atoms. The zero-order valence-electron chi connectivity index (χ0n) is 13.0. The highest BCUT2D eigenvalue weighted by Gasteiger charge is 2.16. The van der Waals surface area contributed by atoms with Crippen LogP contribution in [0.15, 0.2) is 53.3 Å². The number of pyridine rings is 1. The van der Waals surface area contributed by atoms with Gasteiger partial charge in [-0.15, -0.1) is 24.8 Å². The fourth-order valence-corrected chi connectivity index (χ4v) is 2.80. The summed E-state index contributed by atoms with van der Waals surface area (Å²) in [4.78, 5) is 8.91. The summed E-state index contributed by atoms with van der Waals surface area (Å²) < 4.78 is 10.8. The Morgan fingerprint density at radius 1 is 1.04 bits per heavy atom. The summed E-state index contributed by atoms with van der Waals surface area (Å²) in [7, 11) is 0. The molecule has 0 saturated heterocycles. The van der Waals surface area contributed by atoms with E-state index in [1.165, 1.54) is 5.57 Å². The van der Waals surface area contributed by atoms with Crippen LogP contribution in [0.4, 0.5) is 0 Å². The Morgan fingerprint density at radius 2 is 1.92 bits per heavy atom. The van der Waals surface area contributed by atoms with E-state index >= 15 is 0 Å². The van der Waals surface area contributed by atoms with Crippen LogP contribution >= 0.6 is 24.8 Å². The summed E-state index contributed by atoms with van der Waals surface area (Å²) in [5.74, 6) is 1.62. The van der Waals surface area contributed by atoms with Crippen LogP contribution in [0.5, 0.6) is 11.5 Å². The lowest BCUT2D eigenvalue weighted by atomic mass is 9.95. The second-order valence-corrected chi connectivity index (χ2v) is 5.36. The molecule has 2 aliphatic heterocycles. The highest BCUT2D eigenvalue weighted by molar-refractivity contribution is 6.15. The molecular formula is C18H18Cl2N2O2. The van der Waals surface area contributed by atoms with E-state index in [1.54, 1.807) is 6.20 Å². The molecule has 0 atom stereocenters. The van der Waals surface area contributed by atoms with Gasteiger partial charge in [0.15, 0.2) is 11.5 Å². The van der Waals surface area contributed by atoms with Crippen molar-refractivity contribution in [3.05, 3.63) is 59.4 Å². The Hall–Kier alpha value is -2.04. The van der Waals surface area contributed by atoms with E-state index in [0.717, 1.165) is 47.7 Å². The van der Waals surface area contributed by atoms with Crippen molar-refractivity contribution < 1.29 is 9.47 Å². The van der Waals surface area contributed by atoms with E-state index < -0.39 is 0 Å². The molecule has 4 nitrogen and oxygen atoms in total. The van der Waals surface area contributed by atoms with E-state index in [1.807, 2.05) is 24.4 Å². The number of nitrogens with zero attached hydrogens (tertiary/aromatic N) is 2. The molecule has 3 heterocycles. The van der Waals surface area contributed by atoms with Gasteiger partial charge in [-0.05, 0) is 54.3 Å². The first-order valence-electron chi connectivity index (χ1n) is 7.45. The summed E-state index contributed by atoms with van der Waals surface area (Å²) in [5.41, 5.74) is 4.49. The Morgan fingerprint density at radius 3 is 2.75 bits per heavy atom. The predicted octanol–water partition coefficient (Wildman–Crippen LogP) is 4.32. The van der Waals surface area contributed by atoms with Gasteiger partial charge in [-0.1, -0.05) is 6.07 Å². The van der Waals surface area contributed by atoms with E-state index in [9.17, 15) is 0 Å². The molecule has 0 bridgehead atoms. The Labute approximate surface area is 153 Å². The minimum atomic E-state index is 0. The van der Waals surface area contributed by atoms with Gasteiger partial charge < -0.3 is 9.47 Å². The van der Waals surface area contributed by atoms with Gasteiger partial charge >= 0.3 is 0 Å². The molecule has 2 aromatic rings. The number of hydrogen-bond acceptors (Lipinski definition) is 4. The van der Waals surface area contributed by atoms with Crippen LogP contribution in [0.1, 0.15) is 24.0 Å². The quantitative estimate of drug-likeness (QED) is 0.796. The number of aliphatic imine (C=N–C) groups is 1. The highest BCUT2D eigenvalue weighted by atomic mass is 35.5. The third-order valence-electron chi connectivity index (χ3n) is 3.85. The predicted molar refractivity (Wildman–Crippen MR) is 99.9 cm³/mol. The molecular weight excluding hydrogens is 347 g/mol. The number of benzene rings is 1. The number of fused-ring (bicyclic) bond motifs is 1. The molecule has 0 spiro atoms. The van der Waals surface area contributed by atoms with Crippen LogP contribution in [-0.2, 0) is 0 Å². The Balaban J connectivity index is 0.00000104. The maximum absolute atomic E-state index is 5.45. The van der Waals surface area contributed by atoms with Gasteiger partial charge in [0.2, 0.25) is 6.79 Å². The van der Waals surface area contributed by atoms with Gasteiger partial charge in [0, 0.05) is 24.5 Å². The van der Waals surface area contributed by atoms with Crippen LogP contribution < -0.4 is 9.47 Å². The minimum Gasteiger partial charge on any atom is -0.454 e. The molecule has 1 aromatic carbocycles. The molecule has 6 heteroatoms. The van der Waals surface area contributed by atoms with Crippen LogP contribution in [0, 0.1) is 0 Å². The minimum absolute atomic E-state index is 0. The molecule has 2 aliphatic rings. The summed E-state index contributed by atoms with van der Waals surface area (Å²) >= 11 is 0. The fourth-order valence-electron chi connectivity index (χ4n) is 2.80. The van der Waals surface area contributed by atoms with Crippen molar-refractivity contribution in [3.63, 3.8) is 0 Å². The van der Waals surface area contributed by atoms with Gasteiger partial charge in [0.25, 0.3) is 0 Å². The average molecular weight is 365 g/mol. The first-order chi connectivity index (χ1) is 10.9. The molecule has 126 valence electrons. The lowest BCUT2D eigenvalue weighted by molar-refractivity contribution is 0.174. The van der Waals surface area contributed by atoms with Gasteiger partial charge in [-0.2, -0.15) is 0 Å². The number of aromatic nitrogens is 1. The lowest BCUT2D eigenvalue weighted by Crippen LogP contribution is -2.11. The standard InChI is InChI=1S/C18H16N2O2.2ClH/c1-4-15(11-19-7-1)18-14(3-2-8-20-18)9-13-5-6-16-17(10-13)22-12-21-16;;/h1,4-7,9-11H,2-3,8,12H2;2*1H/b14-9+;;. The van der Waals surface area contributed by atoms with Crippen molar-refractivity contribution in [2.75, 3.05) is 13.3 Å². The van der Waals surface area contributed by atoms with E-state index in [-0.39, 0.29) is 24.8 Å². The monoisotopic (exact) mass is 364 g/mol. The summed E-state index contributed by atoms with van der Waals surface area (Å²) in [5, 5.41) is 0. The fraction of sp³-hybridized carbons (Fsp3) is 0.222.